The van der Waals surface area contributed by atoms with Crippen LogP contribution in [0, 0.1) is 0 Å². The van der Waals surface area contributed by atoms with E-state index in [1.165, 1.54) is 0 Å². The number of aromatic nitrogens is 4. The highest BCUT2D eigenvalue weighted by atomic mass is 16.4. The summed E-state index contributed by atoms with van der Waals surface area (Å²) in [5, 5.41) is 2.03. The average molecular weight is 593 g/mol. The Kier molecular flexibility index (Phi) is 6.03. The number of furan rings is 1. The van der Waals surface area contributed by atoms with Crippen LogP contribution in [0.15, 0.2) is 154 Å². The third kappa shape index (κ3) is 4.43. The summed E-state index contributed by atoms with van der Waals surface area (Å²) in [5.41, 5.74) is 8.62. The molecule has 0 bridgehead atoms. The van der Waals surface area contributed by atoms with E-state index in [0.29, 0.717) is 28.9 Å². The number of hydrogen-bond acceptors (Lipinski definition) is 6. The topological polar surface area (TPSA) is 77.8 Å². The van der Waals surface area contributed by atoms with E-state index in [1.54, 1.807) is 0 Å². The Morgan fingerprint density at radius 1 is 0.370 bits per heavy atom. The van der Waals surface area contributed by atoms with Gasteiger partial charge in [-0.3, -0.25) is 0 Å². The summed E-state index contributed by atoms with van der Waals surface area (Å²) in [7, 11) is 0. The summed E-state index contributed by atoms with van der Waals surface area (Å²) in [5.74, 6) is 2.42. The van der Waals surface area contributed by atoms with Gasteiger partial charge in [0, 0.05) is 44.7 Å². The second kappa shape index (κ2) is 10.6. The van der Waals surface area contributed by atoms with Crippen LogP contribution in [-0.4, -0.2) is 19.9 Å². The van der Waals surface area contributed by atoms with E-state index in [0.717, 1.165) is 60.8 Å². The molecule has 6 nitrogen and oxygen atoms in total. The van der Waals surface area contributed by atoms with Crippen LogP contribution in [0.5, 0.6) is 0 Å². The highest BCUT2D eigenvalue weighted by molar-refractivity contribution is 6.19. The molecule has 6 aromatic carbocycles. The Labute approximate surface area is 263 Å². The molecule has 0 aliphatic rings. The van der Waals surface area contributed by atoms with Gasteiger partial charge in [-0.05, 0) is 23.8 Å². The maximum Gasteiger partial charge on any atom is 0.227 e. The number of benzene rings is 6. The van der Waals surface area contributed by atoms with Gasteiger partial charge in [-0.2, -0.15) is 0 Å². The minimum atomic E-state index is 0.567. The van der Waals surface area contributed by atoms with Crippen LogP contribution in [0.3, 0.4) is 0 Å². The maximum atomic E-state index is 6.33. The number of para-hydroxylation sites is 1. The molecule has 9 rings (SSSR count). The smallest absolute Gasteiger partial charge is 0.227 e. The van der Waals surface area contributed by atoms with Crippen LogP contribution >= 0.6 is 0 Å². The first kappa shape index (κ1) is 26.0. The zero-order chi connectivity index (χ0) is 30.5. The van der Waals surface area contributed by atoms with Gasteiger partial charge in [0.1, 0.15) is 16.7 Å². The molecule has 0 saturated heterocycles. The van der Waals surface area contributed by atoms with E-state index in [1.807, 2.05) is 115 Å². The molecule has 6 heteroatoms. The summed E-state index contributed by atoms with van der Waals surface area (Å²) < 4.78 is 12.7. The molecular formula is C40H24N4O2. The highest BCUT2D eigenvalue weighted by Crippen LogP contribution is 2.43. The molecule has 0 aliphatic carbocycles. The van der Waals surface area contributed by atoms with Crippen molar-refractivity contribution in [3.63, 3.8) is 0 Å². The molecule has 0 atom stereocenters. The van der Waals surface area contributed by atoms with Crippen molar-refractivity contribution in [2.24, 2.45) is 0 Å². The molecule has 0 radical (unpaired) electrons. The van der Waals surface area contributed by atoms with E-state index in [9.17, 15) is 0 Å². The van der Waals surface area contributed by atoms with Crippen molar-refractivity contribution in [3.05, 3.63) is 146 Å². The van der Waals surface area contributed by atoms with Crippen molar-refractivity contribution in [3.8, 4) is 56.7 Å². The van der Waals surface area contributed by atoms with E-state index in [-0.39, 0.29) is 0 Å². The molecule has 0 aliphatic heterocycles. The summed E-state index contributed by atoms with van der Waals surface area (Å²) in [6.45, 7) is 0. The van der Waals surface area contributed by atoms with Crippen LogP contribution in [-0.2, 0) is 0 Å². The van der Waals surface area contributed by atoms with Gasteiger partial charge >= 0.3 is 0 Å². The molecule has 216 valence electrons. The van der Waals surface area contributed by atoms with Gasteiger partial charge in [0.25, 0.3) is 0 Å². The SMILES string of the molecule is c1ccc(-c2nc(-c3ccccc3)nc(-c3ccc(-c4c5nc(-c6ccccc6)oc5cc5oc6ccccc6c45)cc3)n2)cc1. The molecule has 9 aromatic rings. The van der Waals surface area contributed by atoms with Crippen molar-refractivity contribution >= 4 is 33.0 Å². The molecule has 0 unspecified atom stereocenters. The Morgan fingerprint density at radius 2 is 0.870 bits per heavy atom. The third-order valence-electron chi connectivity index (χ3n) is 8.18. The van der Waals surface area contributed by atoms with E-state index >= 15 is 0 Å². The van der Waals surface area contributed by atoms with Gasteiger partial charge in [0.15, 0.2) is 23.1 Å². The van der Waals surface area contributed by atoms with Crippen LogP contribution in [0.25, 0.3) is 89.8 Å². The normalized spacial score (nSPS) is 11.5. The van der Waals surface area contributed by atoms with E-state index in [2.05, 4.69) is 30.3 Å². The van der Waals surface area contributed by atoms with Crippen molar-refractivity contribution in [1.82, 2.24) is 19.9 Å². The van der Waals surface area contributed by atoms with Gasteiger partial charge in [-0.1, -0.05) is 121 Å². The van der Waals surface area contributed by atoms with Crippen molar-refractivity contribution in [1.29, 1.82) is 0 Å². The number of oxazole rings is 1. The Hall–Kier alpha value is -6.40. The lowest BCUT2D eigenvalue weighted by Crippen LogP contribution is -2.00. The summed E-state index contributed by atoms with van der Waals surface area (Å²) in [6.07, 6.45) is 0. The minimum Gasteiger partial charge on any atom is -0.456 e. The fourth-order valence-electron chi connectivity index (χ4n) is 5.98. The quantitative estimate of drug-likeness (QED) is 0.198. The van der Waals surface area contributed by atoms with Crippen molar-refractivity contribution < 1.29 is 8.83 Å². The molecule has 0 saturated carbocycles. The lowest BCUT2D eigenvalue weighted by molar-refractivity contribution is 0.617. The van der Waals surface area contributed by atoms with Gasteiger partial charge in [0.2, 0.25) is 5.89 Å². The van der Waals surface area contributed by atoms with Crippen LogP contribution in [0.4, 0.5) is 0 Å². The second-order valence-electron chi connectivity index (χ2n) is 11.1. The number of nitrogens with zero attached hydrogens (tertiary/aromatic N) is 4. The zero-order valence-corrected chi connectivity index (χ0v) is 24.5. The van der Waals surface area contributed by atoms with Crippen LogP contribution in [0.1, 0.15) is 0 Å². The Bertz CT molecular complexity index is 2450. The standard InChI is InChI=1S/C40H24N4O2/c1-4-12-26(13-5-1)37-42-38(27-14-6-2-7-15-27)44-39(43-37)28-22-20-25(21-23-28)34-35-30-18-10-11-19-31(30)45-32(35)24-33-36(34)41-40(46-33)29-16-8-3-9-17-29/h1-24H. The number of hydrogen-bond donors (Lipinski definition) is 0. The van der Waals surface area contributed by atoms with Crippen LogP contribution in [0.2, 0.25) is 0 Å². The molecule has 3 heterocycles. The Balaban J connectivity index is 1.23. The molecule has 46 heavy (non-hydrogen) atoms. The lowest BCUT2D eigenvalue weighted by Gasteiger charge is -2.09. The monoisotopic (exact) mass is 592 g/mol. The summed E-state index contributed by atoms with van der Waals surface area (Å²) >= 11 is 0. The molecule has 3 aromatic heterocycles. The van der Waals surface area contributed by atoms with Crippen molar-refractivity contribution in [2.75, 3.05) is 0 Å². The Morgan fingerprint density at radius 3 is 1.48 bits per heavy atom. The zero-order valence-electron chi connectivity index (χ0n) is 24.5. The molecule has 0 spiro atoms. The van der Waals surface area contributed by atoms with Gasteiger partial charge in [0.05, 0.1) is 0 Å². The summed E-state index contributed by atoms with van der Waals surface area (Å²) in [6, 6.07) is 48.3. The lowest BCUT2D eigenvalue weighted by atomic mass is 9.97. The first-order valence-electron chi connectivity index (χ1n) is 15.1. The van der Waals surface area contributed by atoms with E-state index < -0.39 is 0 Å². The van der Waals surface area contributed by atoms with Gasteiger partial charge in [-0.15, -0.1) is 0 Å². The maximum absolute atomic E-state index is 6.33. The summed E-state index contributed by atoms with van der Waals surface area (Å²) in [4.78, 5) is 19.7. The predicted octanol–water partition coefficient (Wildman–Crippen LogP) is 10.2. The van der Waals surface area contributed by atoms with Crippen LogP contribution < -0.4 is 0 Å². The number of fused-ring (bicyclic) bond motifs is 4. The largest absolute Gasteiger partial charge is 0.456 e. The van der Waals surface area contributed by atoms with E-state index in [4.69, 9.17) is 28.8 Å². The molecule has 0 N–H and O–H groups in total. The molecular weight excluding hydrogens is 568 g/mol. The first-order valence-corrected chi connectivity index (χ1v) is 15.1. The fourth-order valence-corrected chi connectivity index (χ4v) is 5.98. The van der Waals surface area contributed by atoms with Crippen molar-refractivity contribution in [2.45, 2.75) is 0 Å². The number of rotatable bonds is 5. The van der Waals surface area contributed by atoms with Gasteiger partial charge in [-0.25, -0.2) is 19.9 Å². The second-order valence-corrected chi connectivity index (χ2v) is 11.1. The van der Waals surface area contributed by atoms with Gasteiger partial charge < -0.3 is 8.83 Å². The fraction of sp³-hybridized carbons (Fsp3) is 0. The molecule has 0 amide bonds. The first-order chi connectivity index (χ1) is 22.8. The minimum absolute atomic E-state index is 0.567. The highest BCUT2D eigenvalue weighted by Gasteiger charge is 2.21. The average Bonchev–Trinajstić information content (AvgIpc) is 3.73. The molecule has 0 fully saturated rings. The predicted molar refractivity (Wildman–Crippen MR) is 182 cm³/mol. The third-order valence-corrected chi connectivity index (χ3v) is 8.18.